The van der Waals surface area contributed by atoms with Crippen molar-refractivity contribution in [3.8, 4) is 5.75 Å². The van der Waals surface area contributed by atoms with Crippen molar-refractivity contribution >= 4 is 17.5 Å². The maximum absolute atomic E-state index is 12.6. The number of rotatable bonds is 11. The van der Waals surface area contributed by atoms with Gasteiger partial charge in [-0.2, -0.15) is 4.98 Å². The van der Waals surface area contributed by atoms with Crippen LogP contribution in [0.3, 0.4) is 0 Å². The Morgan fingerprint density at radius 3 is 2.60 bits per heavy atom. The Labute approximate surface area is 200 Å². The van der Waals surface area contributed by atoms with Gasteiger partial charge in [0.15, 0.2) is 0 Å². The number of aromatic nitrogens is 2. The molecule has 1 saturated carbocycles. The van der Waals surface area contributed by atoms with Gasteiger partial charge in [-0.05, 0) is 44.7 Å². The van der Waals surface area contributed by atoms with Gasteiger partial charge in [0.25, 0.3) is 0 Å². The Balaban J connectivity index is 1.62. The molecule has 1 aromatic carbocycles. The molecule has 0 amide bonds. The third kappa shape index (κ3) is 7.92. The normalized spacial score (nSPS) is 18.3. The van der Waals surface area contributed by atoms with E-state index in [2.05, 4.69) is 30.2 Å². The number of halogens is 3. The van der Waals surface area contributed by atoms with E-state index >= 15 is 0 Å². The molecule has 13 heteroatoms. The summed E-state index contributed by atoms with van der Waals surface area (Å²) in [4.78, 5) is 21.1. The molecule has 3 rings (SSSR count). The number of benzene rings is 1. The summed E-state index contributed by atoms with van der Waals surface area (Å²) < 4.78 is 42.0. The molecule has 2 aromatic rings. The average Bonchev–Trinajstić information content (AvgIpc) is 2.81. The van der Waals surface area contributed by atoms with Gasteiger partial charge in [-0.1, -0.05) is 18.2 Å². The zero-order chi connectivity index (χ0) is 25.4. The van der Waals surface area contributed by atoms with Crippen LogP contribution in [0.15, 0.2) is 30.5 Å². The Morgan fingerprint density at radius 2 is 1.94 bits per heavy atom. The number of aliphatic hydroxyl groups is 1. The molecule has 0 bridgehead atoms. The van der Waals surface area contributed by atoms with Crippen LogP contribution in [0.1, 0.15) is 31.2 Å². The standard InChI is InChI=1S/C22H29F3N6O4/c1-30(10-11-32)17-8-6-15(7-9-17)12-26-20-18(31(33)34)14-28-21(29-20)27-13-16-4-2-3-5-19(16)35-22(23,24)25/h2-5,14-15,17,32H,6-13H2,1H3,(H2,26,27,28,29)/t15-,17-. The van der Waals surface area contributed by atoms with E-state index in [-0.39, 0.29) is 41.9 Å². The van der Waals surface area contributed by atoms with Gasteiger partial charge < -0.3 is 25.4 Å². The Kier molecular flexibility index (Phi) is 9.04. The molecule has 1 aliphatic carbocycles. The first-order chi connectivity index (χ1) is 16.7. The summed E-state index contributed by atoms with van der Waals surface area (Å²) in [7, 11) is 1.99. The molecular weight excluding hydrogens is 469 g/mol. The number of hydrogen-bond donors (Lipinski definition) is 3. The second kappa shape index (κ2) is 12.0. The largest absolute Gasteiger partial charge is 0.573 e. The molecular formula is C22H29F3N6O4. The first-order valence-corrected chi connectivity index (χ1v) is 11.3. The van der Waals surface area contributed by atoms with E-state index < -0.39 is 11.3 Å². The minimum Gasteiger partial charge on any atom is -0.405 e. The zero-order valence-electron chi connectivity index (χ0n) is 19.3. The van der Waals surface area contributed by atoms with Crippen molar-refractivity contribution in [1.82, 2.24) is 14.9 Å². The molecule has 1 fully saturated rings. The van der Waals surface area contributed by atoms with Crippen LogP contribution in [0.5, 0.6) is 5.75 Å². The molecule has 3 N–H and O–H groups in total. The number of nitrogens with one attached hydrogen (secondary N) is 2. The number of nitro groups is 1. The lowest BCUT2D eigenvalue weighted by molar-refractivity contribution is -0.384. The fourth-order valence-corrected chi connectivity index (χ4v) is 4.14. The fraction of sp³-hybridized carbons (Fsp3) is 0.545. The molecule has 0 radical (unpaired) electrons. The Bertz CT molecular complexity index is 986. The van der Waals surface area contributed by atoms with Crippen LogP contribution in [0.4, 0.5) is 30.6 Å². The van der Waals surface area contributed by atoms with Crippen LogP contribution in [-0.2, 0) is 6.54 Å². The first-order valence-electron chi connectivity index (χ1n) is 11.3. The van der Waals surface area contributed by atoms with Crippen LogP contribution >= 0.6 is 0 Å². The SMILES string of the molecule is CN(CCO)[C@H]1CC[C@H](CNc2nc(NCc3ccccc3OC(F)(F)F)ncc2[N+](=O)[O-])CC1. The van der Waals surface area contributed by atoms with E-state index in [0.717, 1.165) is 31.9 Å². The predicted molar refractivity (Wildman–Crippen MR) is 123 cm³/mol. The number of nitrogens with zero attached hydrogens (tertiary/aromatic N) is 4. The van der Waals surface area contributed by atoms with Crippen molar-refractivity contribution in [2.75, 3.05) is 37.4 Å². The maximum atomic E-state index is 12.6. The fourth-order valence-electron chi connectivity index (χ4n) is 4.14. The summed E-state index contributed by atoms with van der Waals surface area (Å²) in [5.74, 6) is 0.0419. The van der Waals surface area contributed by atoms with Gasteiger partial charge in [0.2, 0.25) is 11.8 Å². The van der Waals surface area contributed by atoms with Crippen molar-refractivity contribution in [3.63, 3.8) is 0 Å². The average molecular weight is 499 g/mol. The van der Waals surface area contributed by atoms with Crippen molar-refractivity contribution in [2.24, 2.45) is 5.92 Å². The highest BCUT2D eigenvalue weighted by molar-refractivity contribution is 5.57. The Morgan fingerprint density at radius 1 is 1.23 bits per heavy atom. The molecule has 10 nitrogen and oxygen atoms in total. The van der Waals surface area contributed by atoms with Gasteiger partial charge in [-0.25, -0.2) is 4.98 Å². The number of anilines is 2. The number of alkyl halides is 3. The number of para-hydroxylation sites is 1. The summed E-state index contributed by atoms with van der Waals surface area (Å²) >= 11 is 0. The van der Waals surface area contributed by atoms with Gasteiger partial charge in [0.05, 0.1) is 11.5 Å². The summed E-state index contributed by atoms with van der Waals surface area (Å²) in [5.41, 5.74) is -0.0584. The number of likely N-dealkylation sites (N-methyl/N-ethyl adjacent to an activating group) is 1. The van der Waals surface area contributed by atoms with Gasteiger partial charge in [-0.15, -0.1) is 13.2 Å². The number of hydrogen-bond acceptors (Lipinski definition) is 9. The highest BCUT2D eigenvalue weighted by Gasteiger charge is 2.32. The lowest BCUT2D eigenvalue weighted by Crippen LogP contribution is -2.37. The molecule has 0 aliphatic heterocycles. The smallest absolute Gasteiger partial charge is 0.405 e. The van der Waals surface area contributed by atoms with Crippen molar-refractivity contribution in [3.05, 3.63) is 46.1 Å². The molecule has 1 aliphatic rings. The van der Waals surface area contributed by atoms with Crippen molar-refractivity contribution < 1.29 is 27.9 Å². The van der Waals surface area contributed by atoms with E-state index in [1.165, 1.54) is 18.2 Å². The van der Waals surface area contributed by atoms with Gasteiger partial charge >= 0.3 is 12.0 Å². The predicted octanol–water partition coefficient (Wildman–Crippen LogP) is 3.79. The quantitative estimate of drug-likeness (QED) is 0.313. The third-order valence-electron chi connectivity index (χ3n) is 6.05. The minimum absolute atomic E-state index is 0.0363. The first kappa shape index (κ1) is 26.4. The van der Waals surface area contributed by atoms with Crippen LogP contribution in [0.2, 0.25) is 0 Å². The topological polar surface area (TPSA) is 126 Å². The lowest BCUT2D eigenvalue weighted by Gasteiger charge is -2.34. The second-order valence-electron chi connectivity index (χ2n) is 8.45. The molecule has 1 heterocycles. The zero-order valence-corrected chi connectivity index (χ0v) is 19.3. The monoisotopic (exact) mass is 498 g/mol. The molecule has 0 spiro atoms. The van der Waals surface area contributed by atoms with E-state index in [0.29, 0.717) is 25.0 Å². The van der Waals surface area contributed by atoms with Gasteiger partial charge in [-0.3, -0.25) is 10.1 Å². The minimum atomic E-state index is -4.83. The highest BCUT2D eigenvalue weighted by atomic mass is 19.4. The molecule has 0 atom stereocenters. The van der Waals surface area contributed by atoms with Crippen LogP contribution in [0, 0.1) is 16.0 Å². The van der Waals surface area contributed by atoms with Crippen molar-refractivity contribution in [1.29, 1.82) is 0 Å². The summed E-state index contributed by atoms with van der Waals surface area (Å²) in [6.07, 6.45) is 0.0592. The van der Waals surface area contributed by atoms with E-state index in [1.54, 1.807) is 6.07 Å². The lowest BCUT2D eigenvalue weighted by atomic mass is 9.85. The van der Waals surface area contributed by atoms with Crippen molar-refractivity contribution in [2.45, 2.75) is 44.6 Å². The maximum Gasteiger partial charge on any atom is 0.573 e. The molecule has 192 valence electrons. The summed E-state index contributed by atoms with van der Waals surface area (Å²) in [6, 6.07) is 6.07. The summed E-state index contributed by atoms with van der Waals surface area (Å²) in [6.45, 7) is 1.17. The van der Waals surface area contributed by atoms with Crippen LogP contribution in [0.25, 0.3) is 0 Å². The van der Waals surface area contributed by atoms with Crippen LogP contribution in [-0.4, -0.2) is 64.0 Å². The van der Waals surface area contributed by atoms with E-state index in [4.69, 9.17) is 5.11 Å². The Hall–Kier alpha value is -3.19. The molecule has 1 aromatic heterocycles. The van der Waals surface area contributed by atoms with E-state index in [9.17, 15) is 23.3 Å². The highest BCUT2D eigenvalue weighted by Crippen LogP contribution is 2.30. The number of aliphatic hydroxyl groups excluding tert-OH is 1. The second-order valence-corrected chi connectivity index (χ2v) is 8.45. The van der Waals surface area contributed by atoms with E-state index in [1.807, 2.05) is 7.05 Å². The van der Waals surface area contributed by atoms with Gasteiger partial charge in [0, 0.05) is 31.2 Å². The molecule has 0 unspecified atom stereocenters. The summed E-state index contributed by atoms with van der Waals surface area (Å²) in [5, 5.41) is 26.4. The molecule has 0 saturated heterocycles. The third-order valence-corrected chi connectivity index (χ3v) is 6.05. The molecule has 35 heavy (non-hydrogen) atoms. The van der Waals surface area contributed by atoms with Gasteiger partial charge in [0.1, 0.15) is 11.9 Å². The van der Waals surface area contributed by atoms with Crippen LogP contribution < -0.4 is 15.4 Å². The number of ether oxygens (including phenoxy) is 1.